The minimum Gasteiger partial charge on any atom is -0.352 e. The Balaban J connectivity index is 1.40. The maximum atomic E-state index is 12.9. The zero-order chi connectivity index (χ0) is 20.9. The smallest absolute Gasteiger partial charge is 0.251 e. The van der Waals surface area contributed by atoms with Gasteiger partial charge in [0.15, 0.2) is 0 Å². The number of amides is 1. The first-order chi connectivity index (χ1) is 14.7. The lowest BCUT2D eigenvalue weighted by Crippen LogP contribution is -2.26. The number of nitriles is 1. The van der Waals surface area contributed by atoms with Gasteiger partial charge in [-0.25, -0.2) is 4.98 Å². The number of hydrogen-bond donors (Lipinski definition) is 1. The second kappa shape index (κ2) is 8.91. The normalized spacial score (nSPS) is 14.4. The van der Waals surface area contributed by atoms with E-state index in [-0.39, 0.29) is 11.7 Å². The second-order valence-corrected chi connectivity index (χ2v) is 7.85. The molecule has 0 spiro atoms. The summed E-state index contributed by atoms with van der Waals surface area (Å²) in [4.78, 5) is 29.5. The number of fused-ring (bicyclic) bond motifs is 1. The van der Waals surface area contributed by atoms with E-state index < -0.39 is 0 Å². The largest absolute Gasteiger partial charge is 0.352 e. The Morgan fingerprint density at radius 2 is 1.83 bits per heavy atom. The molecule has 30 heavy (non-hydrogen) atoms. The van der Waals surface area contributed by atoms with E-state index in [4.69, 9.17) is 5.26 Å². The van der Waals surface area contributed by atoms with E-state index in [0.29, 0.717) is 34.6 Å². The van der Waals surface area contributed by atoms with Crippen LogP contribution in [0.3, 0.4) is 0 Å². The van der Waals surface area contributed by atoms with Gasteiger partial charge >= 0.3 is 0 Å². The van der Waals surface area contributed by atoms with Crippen LogP contribution in [-0.2, 0) is 0 Å². The van der Waals surface area contributed by atoms with Gasteiger partial charge in [-0.05, 0) is 36.6 Å². The van der Waals surface area contributed by atoms with Crippen molar-refractivity contribution in [3.63, 3.8) is 0 Å². The number of nitrogens with one attached hydrogen (secondary N) is 1. The summed E-state index contributed by atoms with van der Waals surface area (Å²) in [5.41, 5.74) is 2.49. The fourth-order valence-corrected chi connectivity index (χ4v) is 4.11. The van der Waals surface area contributed by atoms with Crippen LogP contribution in [0.5, 0.6) is 0 Å². The van der Waals surface area contributed by atoms with Gasteiger partial charge in [-0.1, -0.05) is 44.2 Å². The molecule has 0 bridgehead atoms. The summed E-state index contributed by atoms with van der Waals surface area (Å²) in [5, 5.41) is 12.0. The molecule has 2 aromatic heterocycles. The standard InChI is InChI=1S/C24H24N4O2/c25-15-18-11-13-28-21(16-27-22(28)14-18)23(29)19-6-8-20(9-7-19)24(30)26-12-10-17-4-2-1-3-5-17/h6-9,11,13-14,16-17H,1-5,10,12H2,(H,26,30). The average molecular weight is 400 g/mol. The average Bonchev–Trinajstić information content (AvgIpc) is 3.22. The topological polar surface area (TPSA) is 87.3 Å². The Hall–Kier alpha value is -3.46. The number of carbonyl (C=O) groups is 2. The Morgan fingerprint density at radius 3 is 2.57 bits per heavy atom. The molecule has 0 aliphatic heterocycles. The number of benzene rings is 1. The summed E-state index contributed by atoms with van der Waals surface area (Å²) in [6.07, 6.45) is 10.7. The summed E-state index contributed by atoms with van der Waals surface area (Å²) in [6, 6.07) is 12.0. The van der Waals surface area contributed by atoms with Crippen molar-refractivity contribution in [2.24, 2.45) is 5.92 Å². The number of nitrogens with zero attached hydrogens (tertiary/aromatic N) is 3. The zero-order valence-corrected chi connectivity index (χ0v) is 16.8. The predicted octanol–water partition coefficient (Wildman–Crippen LogP) is 4.14. The molecule has 152 valence electrons. The number of imidazole rings is 1. The Morgan fingerprint density at radius 1 is 1.10 bits per heavy atom. The van der Waals surface area contributed by atoms with Gasteiger partial charge in [-0.2, -0.15) is 5.26 Å². The van der Waals surface area contributed by atoms with Crippen molar-refractivity contribution in [3.05, 3.63) is 71.2 Å². The molecule has 1 amide bonds. The van der Waals surface area contributed by atoms with Crippen LogP contribution in [0.25, 0.3) is 5.65 Å². The third kappa shape index (κ3) is 4.25. The molecule has 4 rings (SSSR count). The zero-order valence-electron chi connectivity index (χ0n) is 16.8. The van der Waals surface area contributed by atoms with Crippen molar-refractivity contribution >= 4 is 17.3 Å². The maximum absolute atomic E-state index is 12.9. The van der Waals surface area contributed by atoms with Crippen molar-refractivity contribution in [2.45, 2.75) is 38.5 Å². The summed E-state index contributed by atoms with van der Waals surface area (Å²) in [7, 11) is 0. The molecule has 1 fully saturated rings. The Labute approximate surface area is 175 Å². The quantitative estimate of drug-likeness (QED) is 0.630. The van der Waals surface area contributed by atoms with Crippen LogP contribution in [0, 0.1) is 17.2 Å². The molecule has 0 saturated heterocycles. The molecule has 6 heteroatoms. The van der Waals surface area contributed by atoms with Crippen molar-refractivity contribution in [1.29, 1.82) is 5.26 Å². The molecule has 1 aliphatic carbocycles. The Bertz CT molecular complexity index is 1100. The number of ketones is 1. The summed E-state index contributed by atoms with van der Waals surface area (Å²) >= 11 is 0. The van der Waals surface area contributed by atoms with Gasteiger partial charge in [0, 0.05) is 23.9 Å². The van der Waals surface area contributed by atoms with Gasteiger partial charge in [-0.3, -0.25) is 14.0 Å². The minimum atomic E-state index is -0.184. The lowest BCUT2D eigenvalue weighted by atomic mass is 9.87. The van der Waals surface area contributed by atoms with Crippen molar-refractivity contribution in [2.75, 3.05) is 6.54 Å². The van der Waals surface area contributed by atoms with Crippen LogP contribution in [0.2, 0.25) is 0 Å². The molecule has 0 unspecified atom stereocenters. The van der Waals surface area contributed by atoms with Gasteiger partial charge in [0.05, 0.1) is 17.8 Å². The molecule has 0 radical (unpaired) electrons. The molecule has 0 atom stereocenters. The van der Waals surface area contributed by atoms with Gasteiger partial charge in [-0.15, -0.1) is 0 Å². The van der Waals surface area contributed by atoms with E-state index in [1.54, 1.807) is 47.0 Å². The van der Waals surface area contributed by atoms with E-state index in [0.717, 1.165) is 12.3 Å². The number of carbonyl (C=O) groups excluding carboxylic acids is 2. The monoisotopic (exact) mass is 400 g/mol. The highest BCUT2D eigenvalue weighted by atomic mass is 16.1. The first-order valence-corrected chi connectivity index (χ1v) is 10.5. The van der Waals surface area contributed by atoms with Gasteiger partial charge in [0.1, 0.15) is 11.3 Å². The first-order valence-electron chi connectivity index (χ1n) is 10.5. The number of pyridine rings is 1. The van der Waals surface area contributed by atoms with E-state index in [2.05, 4.69) is 16.4 Å². The van der Waals surface area contributed by atoms with Crippen LogP contribution < -0.4 is 5.32 Å². The van der Waals surface area contributed by atoms with E-state index in [1.807, 2.05) is 0 Å². The van der Waals surface area contributed by atoms with E-state index in [9.17, 15) is 9.59 Å². The van der Waals surface area contributed by atoms with Crippen LogP contribution in [0.1, 0.15) is 70.5 Å². The van der Waals surface area contributed by atoms with Gasteiger partial charge in [0.25, 0.3) is 5.91 Å². The van der Waals surface area contributed by atoms with E-state index >= 15 is 0 Å². The number of rotatable bonds is 6. The highest BCUT2D eigenvalue weighted by Gasteiger charge is 2.16. The Kier molecular flexibility index (Phi) is 5.89. The molecular weight excluding hydrogens is 376 g/mol. The molecule has 6 nitrogen and oxygen atoms in total. The second-order valence-electron chi connectivity index (χ2n) is 7.85. The van der Waals surface area contributed by atoms with Crippen molar-refractivity contribution < 1.29 is 9.59 Å². The highest BCUT2D eigenvalue weighted by molar-refractivity contribution is 6.08. The first kappa shape index (κ1) is 19.8. The molecule has 1 aromatic carbocycles. The number of aromatic nitrogens is 2. The molecule has 1 N–H and O–H groups in total. The SMILES string of the molecule is N#Cc1ccn2c(C(=O)c3ccc(C(=O)NCCC4CCCCC4)cc3)cnc2c1. The van der Waals surface area contributed by atoms with Crippen molar-refractivity contribution in [1.82, 2.24) is 14.7 Å². The minimum absolute atomic E-state index is 0.108. The van der Waals surface area contributed by atoms with Crippen molar-refractivity contribution in [3.8, 4) is 6.07 Å². The fourth-order valence-electron chi connectivity index (χ4n) is 4.11. The molecule has 1 saturated carbocycles. The van der Waals surface area contributed by atoms with Crippen LogP contribution in [-0.4, -0.2) is 27.6 Å². The third-order valence-electron chi connectivity index (χ3n) is 5.85. The summed E-state index contributed by atoms with van der Waals surface area (Å²) in [5.74, 6) is 0.439. The van der Waals surface area contributed by atoms with Gasteiger partial charge in [0.2, 0.25) is 5.78 Å². The predicted molar refractivity (Wildman–Crippen MR) is 113 cm³/mol. The van der Waals surface area contributed by atoms with Crippen LogP contribution in [0.4, 0.5) is 0 Å². The number of hydrogen-bond acceptors (Lipinski definition) is 4. The summed E-state index contributed by atoms with van der Waals surface area (Å²) < 4.78 is 1.66. The maximum Gasteiger partial charge on any atom is 0.251 e. The fraction of sp³-hybridized carbons (Fsp3) is 0.333. The molecule has 1 aliphatic rings. The summed E-state index contributed by atoms with van der Waals surface area (Å²) in [6.45, 7) is 0.691. The lowest BCUT2D eigenvalue weighted by Gasteiger charge is -2.21. The van der Waals surface area contributed by atoms with Gasteiger partial charge < -0.3 is 5.32 Å². The highest BCUT2D eigenvalue weighted by Crippen LogP contribution is 2.25. The lowest BCUT2D eigenvalue weighted by molar-refractivity contribution is 0.0948. The van der Waals surface area contributed by atoms with Crippen LogP contribution >= 0.6 is 0 Å². The van der Waals surface area contributed by atoms with E-state index in [1.165, 1.54) is 38.3 Å². The third-order valence-corrected chi connectivity index (χ3v) is 5.85. The molecule has 3 aromatic rings. The molecular formula is C24H24N4O2. The van der Waals surface area contributed by atoms with Crippen LogP contribution in [0.15, 0.2) is 48.8 Å². The molecule has 2 heterocycles.